The van der Waals surface area contributed by atoms with Crippen molar-refractivity contribution in [2.24, 2.45) is 0 Å². The Hall–Kier alpha value is 0.210. The van der Waals surface area contributed by atoms with Crippen LogP contribution in [0.15, 0.2) is 0 Å². The summed E-state index contributed by atoms with van der Waals surface area (Å²) in [5.41, 5.74) is 0. The molecular formula is C15H28ClNO. The zero-order chi connectivity index (χ0) is 12.8. The monoisotopic (exact) mass is 273 g/mol. The highest BCUT2D eigenvalue weighted by molar-refractivity contribution is 6.18. The molecule has 0 aromatic rings. The molecule has 2 aliphatic carbocycles. The highest BCUT2D eigenvalue weighted by Gasteiger charge is 2.29. The zero-order valence-corrected chi connectivity index (χ0v) is 12.2. The minimum atomic E-state index is -0.351. The van der Waals surface area contributed by atoms with E-state index >= 15 is 0 Å². The SMILES string of the molecule is OC(CCl)CN(C1CCCCC1)C1CCCCC1. The number of hydrogen-bond donors (Lipinski definition) is 1. The van der Waals surface area contributed by atoms with Crippen molar-refractivity contribution in [1.82, 2.24) is 4.90 Å². The maximum Gasteiger partial charge on any atom is 0.0802 e. The molecule has 1 N–H and O–H groups in total. The molecule has 0 aromatic carbocycles. The highest BCUT2D eigenvalue weighted by atomic mass is 35.5. The van der Waals surface area contributed by atoms with Crippen molar-refractivity contribution in [3.8, 4) is 0 Å². The molecule has 0 amide bonds. The summed E-state index contributed by atoms with van der Waals surface area (Å²) < 4.78 is 0. The molecule has 18 heavy (non-hydrogen) atoms. The van der Waals surface area contributed by atoms with Gasteiger partial charge in [-0.25, -0.2) is 0 Å². The topological polar surface area (TPSA) is 23.5 Å². The molecule has 0 aromatic heterocycles. The molecule has 106 valence electrons. The third kappa shape index (κ3) is 4.11. The Morgan fingerprint density at radius 1 is 0.889 bits per heavy atom. The van der Waals surface area contributed by atoms with E-state index in [0.717, 1.165) is 6.54 Å². The molecule has 2 rings (SSSR count). The van der Waals surface area contributed by atoms with Gasteiger partial charge in [-0.1, -0.05) is 38.5 Å². The van der Waals surface area contributed by atoms with Crippen LogP contribution >= 0.6 is 11.6 Å². The lowest BCUT2D eigenvalue weighted by atomic mass is 9.88. The van der Waals surface area contributed by atoms with Gasteiger partial charge in [0.05, 0.1) is 6.10 Å². The summed E-state index contributed by atoms with van der Waals surface area (Å²) in [5.74, 6) is 0.371. The summed E-state index contributed by atoms with van der Waals surface area (Å²) in [6, 6.07) is 1.42. The third-order valence-corrected chi connectivity index (χ3v) is 5.04. The lowest BCUT2D eigenvalue weighted by molar-refractivity contribution is 0.0366. The quantitative estimate of drug-likeness (QED) is 0.775. The molecular weight excluding hydrogens is 246 g/mol. The largest absolute Gasteiger partial charge is 0.391 e. The van der Waals surface area contributed by atoms with Crippen molar-refractivity contribution < 1.29 is 5.11 Å². The Labute approximate surface area is 117 Å². The smallest absolute Gasteiger partial charge is 0.0802 e. The Morgan fingerprint density at radius 2 is 1.33 bits per heavy atom. The molecule has 3 heteroatoms. The number of halogens is 1. The third-order valence-electron chi connectivity index (χ3n) is 4.69. The highest BCUT2D eigenvalue weighted by Crippen LogP contribution is 2.30. The summed E-state index contributed by atoms with van der Waals surface area (Å²) in [6.45, 7) is 0.791. The Morgan fingerprint density at radius 3 is 1.72 bits per heavy atom. The zero-order valence-electron chi connectivity index (χ0n) is 11.5. The Bertz CT molecular complexity index is 207. The van der Waals surface area contributed by atoms with Crippen molar-refractivity contribution in [2.75, 3.05) is 12.4 Å². The van der Waals surface area contributed by atoms with E-state index in [9.17, 15) is 5.11 Å². The van der Waals surface area contributed by atoms with Crippen LogP contribution in [-0.2, 0) is 0 Å². The number of alkyl halides is 1. The normalized spacial score (nSPS) is 25.5. The van der Waals surface area contributed by atoms with Crippen molar-refractivity contribution in [3.63, 3.8) is 0 Å². The lowest BCUT2D eigenvalue weighted by Crippen LogP contribution is -2.48. The molecule has 2 nitrogen and oxygen atoms in total. The van der Waals surface area contributed by atoms with E-state index in [4.69, 9.17) is 11.6 Å². The van der Waals surface area contributed by atoms with Crippen LogP contribution in [0.2, 0.25) is 0 Å². The van der Waals surface area contributed by atoms with E-state index in [2.05, 4.69) is 4.90 Å². The fraction of sp³-hybridized carbons (Fsp3) is 1.00. The van der Waals surface area contributed by atoms with E-state index in [-0.39, 0.29) is 6.10 Å². The first-order chi connectivity index (χ1) is 8.81. The first-order valence-corrected chi connectivity index (χ1v) is 8.34. The number of rotatable bonds is 5. The van der Waals surface area contributed by atoms with Crippen LogP contribution in [0.1, 0.15) is 64.2 Å². The van der Waals surface area contributed by atoms with Crippen LogP contribution in [0.4, 0.5) is 0 Å². The molecule has 2 saturated carbocycles. The van der Waals surface area contributed by atoms with Crippen LogP contribution in [-0.4, -0.2) is 40.6 Å². The van der Waals surface area contributed by atoms with Crippen LogP contribution in [0, 0.1) is 0 Å². The van der Waals surface area contributed by atoms with Crippen molar-refractivity contribution in [2.45, 2.75) is 82.4 Å². The summed E-state index contributed by atoms with van der Waals surface area (Å²) in [6.07, 6.45) is 13.2. The van der Waals surface area contributed by atoms with Gasteiger partial charge in [0.1, 0.15) is 0 Å². The Balaban J connectivity index is 1.95. The predicted molar refractivity (Wildman–Crippen MR) is 77.2 cm³/mol. The van der Waals surface area contributed by atoms with Gasteiger partial charge >= 0.3 is 0 Å². The Kier molecular flexibility index (Phi) is 6.26. The van der Waals surface area contributed by atoms with E-state index in [0.29, 0.717) is 18.0 Å². The van der Waals surface area contributed by atoms with Crippen molar-refractivity contribution >= 4 is 11.6 Å². The maximum absolute atomic E-state index is 9.92. The fourth-order valence-corrected chi connectivity index (χ4v) is 3.81. The van der Waals surface area contributed by atoms with Gasteiger partial charge < -0.3 is 5.11 Å². The first-order valence-electron chi connectivity index (χ1n) is 7.81. The number of aliphatic hydroxyl groups excluding tert-OH is 1. The van der Waals surface area contributed by atoms with Crippen LogP contribution in [0.5, 0.6) is 0 Å². The second-order valence-electron chi connectivity index (χ2n) is 6.09. The van der Waals surface area contributed by atoms with Crippen molar-refractivity contribution in [1.29, 1.82) is 0 Å². The lowest BCUT2D eigenvalue weighted by Gasteiger charge is -2.42. The summed E-state index contributed by atoms with van der Waals surface area (Å²) in [7, 11) is 0. The molecule has 1 unspecified atom stereocenters. The van der Waals surface area contributed by atoms with Gasteiger partial charge in [-0.2, -0.15) is 0 Å². The van der Waals surface area contributed by atoms with Gasteiger partial charge in [0.25, 0.3) is 0 Å². The number of hydrogen-bond acceptors (Lipinski definition) is 2. The number of nitrogens with zero attached hydrogens (tertiary/aromatic N) is 1. The standard InChI is InChI=1S/C15H28ClNO/c16-11-15(18)12-17(13-7-3-1-4-8-13)14-9-5-2-6-10-14/h13-15,18H,1-12H2. The summed E-state index contributed by atoms with van der Waals surface area (Å²) in [4.78, 5) is 2.62. The first kappa shape index (κ1) is 14.6. The van der Waals surface area contributed by atoms with Crippen LogP contribution in [0.3, 0.4) is 0 Å². The summed E-state index contributed by atoms with van der Waals surface area (Å²) in [5, 5.41) is 9.92. The molecule has 0 aliphatic heterocycles. The predicted octanol–water partition coefficient (Wildman–Crippen LogP) is 3.55. The van der Waals surface area contributed by atoms with Gasteiger partial charge in [0.15, 0.2) is 0 Å². The fourth-order valence-electron chi connectivity index (χ4n) is 3.71. The van der Waals surface area contributed by atoms with Crippen LogP contribution < -0.4 is 0 Å². The van der Waals surface area contributed by atoms with Gasteiger partial charge in [-0.15, -0.1) is 11.6 Å². The number of aliphatic hydroxyl groups is 1. The average molecular weight is 274 g/mol. The van der Waals surface area contributed by atoms with E-state index < -0.39 is 0 Å². The molecule has 0 radical (unpaired) electrons. The maximum atomic E-state index is 9.92. The van der Waals surface area contributed by atoms with Gasteiger partial charge in [0, 0.05) is 24.5 Å². The minimum Gasteiger partial charge on any atom is -0.391 e. The molecule has 0 spiro atoms. The molecule has 2 aliphatic rings. The second kappa shape index (κ2) is 7.72. The van der Waals surface area contributed by atoms with E-state index in [1.165, 1.54) is 64.2 Å². The van der Waals surface area contributed by atoms with E-state index in [1.54, 1.807) is 0 Å². The van der Waals surface area contributed by atoms with Crippen LogP contribution in [0.25, 0.3) is 0 Å². The van der Waals surface area contributed by atoms with Gasteiger partial charge in [-0.05, 0) is 25.7 Å². The molecule has 0 bridgehead atoms. The molecule has 0 saturated heterocycles. The minimum absolute atomic E-state index is 0.351. The van der Waals surface area contributed by atoms with E-state index in [1.807, 2.05) is 0 Å². The van der Waals surface area contributed by atoms with Crippen molar-refractivity contribution in [3.05, 3.63) is 0 Å². The molecule has 2 fully saturated rings. The van der Waals surface area contributed by atoms with Gasteiger partial charge in [-0.3, -0.25) is 4.90 Å². The average Bonchev–Trinajstić information content (AvgIpc) is 2.46. The second-order valence-corrected chi connectivity index (χ2v) is 6.40. The molecule has 1 atom stereocenters. The molecule has 0 heterocycles. The summed E-state index contributed by atoms with van der Waals surface area (Å²) >= 11 is 5.80. The van der Waals surface area contributed by atoms with Gasteiger partial charge in [0.2, 0.25) is 0 Å².